The van der Waals surface area contributed by atoms with Crippen molar-refractivity contribution in [2.75, 3.05) is 0 Å². The van der Waals surface area contributed by atoms with E-state index < -0.39 is 6.10 Å². The van der Waals surface area contributed by atoms with Crippen LogP contribution >= 0.6 is 0 Å². The fourth-order valence-corrected chi connectivity index (χ4v) is 1.26. The smallest absolute Gasteiger partial charge is 0.180 e. The Bertz CT molecular complexity index is 234. The summed E-state index contributed by atoms with van der Waals surface area (Å²) in [6.45, 7) is 4.12. The molecule has 1 rings (SSSR count). The zero-order valence-corrected chi connectivity index (χ0v) is 7.97. The van der Waals surface area contributed by atoms with Crippen LogP contribution in [0.3, 0.4) is 0 Å². The molecule has 4 nitrogen and oxygen atoms in total. The summed E-state index contributed by atoms with van der Waals surface area (Å²) in [6, 6.07) is -0.284. The molecule has 13 heavy (non-hydrogen) atoms. The fraction of sp³-hybridized carbons (Fsp3) is 0.667. The van der Waals surface area contributed by atoms with Gasteiger partial charge in [0.25, 0.3) is 0 Å². The number of hydrogen-bond donors (Lipinski definition) is 2. The van der Waals surface area contributed by atoms with Gasteiger partial charge < -0.3 is 15.3 Å². The molecule has 2 atom stereocenters. The second-order valence-electron chi connectivity index (χ2n) is 3.64. The Hall–Kier alpha value is -0.870. The molecule has 1 aromatic heterocycles. The van der Waals surface area contributed by atoms with Crippen molar-refractivity contribution in [3.05, 3.63) is 18.4 Å². The molecule has 0 amide bonds. The molecule has 0 aromatic carbocycles. The summed E-state index contributed by atoms with van der Waals surface area (Å²) in [6.07, 6.45) is 2.80. The first-order chi connectivity index (χ1) is 6.11. The average Bonchev–Trinajstić information content (AvgIpc) is 2.53. The van der Waals surface area contributed by atoms with Gasteiger partial charge in [0.05, 0.1) is 6.20 Å². The van der Waals surface area contributed by atoms with Crippen LogP contribution < -0.4 is 5.73 Å². The highest BCUT2D eigenvalue weighted by atomic mass is 16.4. The van der Waals surface area contributed by atoms with Crippen LogP contribution in [0, 0.1) is 5.92 Å². The number of nitrogens with zero attached hydrogens (tertiary/aromatic N) is 1. The first-order valence-electron chi connectivity index (χ1n) is 4.43. The number of rotatable bonds is 4. The summed E-state index contributed by atoms with van der Waals surface area (Å²) in [5.41, 5.74) is 5.77. The molecule has 4 heteroatoms. The predicted molar refractivity (Wildman–Crippen MR) is 48.9 cm³/mol. The van der Waals surface area contributed by atoms with Crippen LogP contribution in [0.1, 0.15) is 32.1 Å². The Morgan fingerprint density at radius 1 is 1.62 bits per heavy atom. The lowest BCUT2D eigenvalue weighted by molar-refractivity contribution is 0.112. The van der Waals surface area contributed by atoms with Crippen molar-refractivity contribution in [2.24, 2.45) is 11.7 Å². The Balaban J connectivity index is 2.52. The molecule has 0 fully saturated rings. The van der Waals surface area contributed by atoms with E-state index in [9.17, 15) is 5.11 Å². The average molecular weight is 184 g/mol. The van der Waals surface area contributed by atoms with Gasteiger partial charge in [0.1, 0.15) is 6.10 Å². The monoisotopic (exact) mass is 184 g/mol. The van der Waals surface area contributed by atoms with Gasteiger partial charge in [-0.25, -0.2) is 4.98 Å². The van der Waals surface area contributed by atoms with Gasteiger partial charge in [0.2, 0.25) is 0 Å². The number of hydrogen-bond acceptors (Lipinski definition) is 4. The van der Waals surface area contributed by atoms with E-state index >= 15 is 0 Å². The standard InChI is InChI=1S/C9H16N2O2/c1-6(2)3-7(10)9(12)8-4-11-5-13-8/h4-7,9,12H,3,10H2,1-2H3. The largest absolute Gasteiger partial charge is 0.446 e. The molecule has 0 saturated carbocycles. The SMILES string of the molecule is CC(C)CC(N)C(O)c1cnco1. The third-order valence-electron chi connectivity index (χ3n) is 1.89. The van der Waals surface area contributed by atoms with E-state index in [2.05, 4.69) is 18.8 Å². The molecule has 74 valence electrons. The molecular weight excluding hydrogens is 168 g/mol. The fourth-order valence-electron chi connectivity index (χ4n) is 1.26. The Kier molecular flexibility index (Phi) is 3.45. The van der Waals surface area contributed by atoms with Gasteiger partial charge in [-0.2, -0.15) is 0 Å². The quantitative estimate of drug-likeness (QED) is 0.734. The van der Waals surface area contributed by atoms with E-state index in [4.69, 9.17) is 10.2 Å². The molecule has 3 N–H and O–H groups in total. The van der Waals surface area contributed by atoms with E-state index in [1.807, 2.05) is 0 Å². The molecule has 0 aliphatic carbocycles. The first kappa shape index (κ1) is 10.2. The molecule has 1 aromatic rings. The number of oxazole rings is 1. The van der Waals surface area contributed by atoms with E-state index in [0.29, 0.717) is 11.7 Å². The highest BCUT2D eigenvalue weighted by Crippen LogP contribution is 2.19. The minimum absolute atomic E-state index is 0.284. The maximum absolute atomic E-state index is 9.67. The third-order valence-corrected chi connectivity index (χ3v) is 1.89. The summed E-state index contributed by atoms with van der Waals surface area (Å²) in [7, 11) is 0. The van der Waals surface area contributed by atoms with Crippen molar-refractivity contribution in [3.63, 3.8) is 0 Å². The number of aliphatic hydroxyl groups is 1. The van der Waals surface area contributed by atoms with Crippen molar-refractivity contribution in [1.82, 2.24) is 4.98 Å². The first-order valence-corrected chi connectivity index (χ1v) is 4.43. The summed E-state index contributed by atoms with van der Waals surface area (Å²) < 4.78 is 4.96. The van der Waals surface area contributed by atoms with E-state index in [-0.39, 0.29) is 6.04 Å². The number of aromatic nitrogens is 1. The van der Waals surface area contributed by atoms with Gasteiger partial charge in [-0.05, 0) is 12.3 Å². The summed E-state index contributed by atoms with van der Waals surface area (Å²) >= 11 is 0. The number of aliphatic hydroxyl groups excluding tert-OH is 1. The maximum atomic E-state index is 9.67. The van der Waals surface area contributed by atoms with Crippen molar-refractivity contribution < 1.29 is 9.52 Å². The molecule has 2 unspecified atom stereocenters. The zero-order valence-electron chi connectivity index (χ0n) is 7.97. The summed E-state index contributed by atoms with van der Waals surface area (Å²) in [5.74, 6) is 0.903. The van der Waals surface area contributed by atoms with Crippen molar-refractivity contribution in [3.8, 4) is 0 Å². The highest BCUT2D eigenvalue weighted by molar-refractivity contribution is 4.97. The van der Waals surface area contributed by atoms with Gasteiger partial charge in [-0.1, -0.05) is 13.8 Å². The highest BCUT2D eigenvalue weighted by Gasteiger charge is 2.20. The molecule has 0 bridgehead atoms. The maximum Gasteiger partial charge on any atom is 0.180 e. The normalized spacial score (nSPS) is 16.1. The predicted octanol–water partition coefficient (Wildman–Crippen LogP) is 1.08. The van der Waals surface area contributed by atoms with Crippen molar-refractivity contribution in [1.29, 1.82) is 0 Å². The molecule has 0 spiro atoms. The van der Waals surface area contributed by atoms with Crippen LogP contribution in [0.4, 0.5) is 0 Å². The van der Waals surface area contributed by atoms with Crippen molar-refractivity contribution >= 4 is 0 Å². The zero-order chi connectivity index (χ0) is 9.84. The third kappa shape index (κ3) is 2.82. The van der Waals surface area contributed by atoms with Gasteiger partial charge in [0, 0.05) is 6.04 Å². The minimum atomic E-state index is -0.745. The Morgan fingerprint density at radius 3 is 2.77 bits per heavy atom. The molecule has 0 aliphatic rings. The van der Waals surface area contributed by atoms with Crippen LogP contribution in [-0.4, -0.2) is 16.1 Å². The van der Waals surface area contributed by atoms with Gasteiger partial charge in [-0.15, -0.1) is 0 Å². The molecule has 1 heterocycles. The Labute approximate surface area is 77.8 Å². The van der Waals surface area contributed by atoms with E-state index in [0.717, 1.165) is 6.42 Å². The van der Waals surface area contributed by atoms with Crippen LogP contribution in [0.2, 0.25) is 0 Å². The van der Waals surface area contributed by atoms with Crippen LogP contribution in [0.5, 0.6) is 0 Å². The van der Waals surface area contributed by atoms with E-state index in [1.54, 1.807) is 0 Å². The van der Waals surface area contributed by atoms with Crippen LogP contribution in [0.15, 0.2) is 17.0 Å². The summed E-state index contributed by atoms with van der Waals surface area (Å²) in [5, 5.41) is 9.67. The number of nitrogens with two attached hydrogens (primary N) is 1. The minimum Gasteiger partial charge on any atom is -0.446 e. The van der Waals surface area contributed by atoms with E-state index in [1.165, 1.54) is 12.6 Å². The topological polar surface area (TPSA) is 72.3 Å². The second kappa shape index (κ2) is 4.39. The summed E-state index contributed by atoms with van der Waals surface area (Å²) in [4.78, 5) is 3.72. The van der Waals surface area contributed by atoms with Gasteiger partial charge >= 0.3 is 0 Å². The molecule has 0 radical (unpaired) electrons. The van der Waals surface area contributed by atoms with Crippen molar-refractivity contribution in [2.45, 2.75) is 32.4 Å². The Morgan fingerprint density at radius 2 is 2.31 bits per heavy atom. The molecule has 0 aliphatic heterocycles. The molecule has 0 saturated heterocycles. The molecular formula is C9H16N2O2. The second-order valence-corrected chi connectivity index (χ2v) is 3.64. The van der Waals surface area contributed by atoms with Crippen LogP contribution in [-0.2, 0) is 0 Å². The van der Waals surface area contributed by atoms with Gasteiger partial charge in [0.15, 0.2) is 12.2 Å². The lowest BCUT2D eigenvalue weighted by atomic mass is 9.99. The lowest BCUT2D eigenvalue weighted by Gasteiger charge is -2.18. The van der Waals surface area contributed by atoms with Gasteiger partial charge in [-0.3, -0.25) is 0 Å². The lowest BCUT2D eigenvalue weighted by Crippen LogP contribution is -2.29. The van der Waals surface area contributed by atoms with Crippen LogP contribution in [0.25, 0.3) is 0 Å².